The minimum atomic E-state index is -0.690. The Kier molecular flexibility index (Phi) is 8.95. The summed E-state index contributed by atoms with van der Waals surface area (Å²) in [5, 5.41) is 2.77. The van der Waals surface area contributed by atoms with Gasteiger partial charge >= 0.3 is 0 Å². The Hall–Kier alpha value is -0.660. The molecule has 5 nitrogen and oxygen atoms in total. The molecule has 1 aromatic carbocycles. The summed E-state index contributed by atoms with van der Waals surface area (Å²) in [6.45, 7) is 0.579. The summed E-state index contributed by atoms with van der Waals surface area (Å²) in [5.74, 6) is -0.285. The van der Waals surface area contributed by atoms with Crippen LogP contribution in [0, 0.1) is 0 Å². The number of carbonyl (C=O) groups excluding carboxylic acids is 1. The van der Waals surface area contributed by atoms with Gasteiger partial charge in [-0.05, 0) is 12.1 Å². The van der Waals surface area contributed by atoms with E-state index in [2.05, 4.69) is 21.2 Å². The van der Waals surface area contributed by atoms with Gasteiger partial charge in [0.05, 0.1) is 13.2 Å². The Balaban J connectivity index is 0.00000324. The molecule has 0 bridgehead atoms. The van der Waals surface area contributed by atoms with Gasteiger partial charge in [0.25, 0.3) is 0 Å². The van der Waals surface area contributed by atoms with Gasteiger partial charge in [-0.15, -0.1) is 12.4 Å². The van der Waals surface area contributed by atoms with Crippen LogP contribution in [0.25, 0.3) is 0 Å². The molecule has 1 unspecified atom stereocenters. The molecule has 0 saturated carbocycles. The Morgan fingerprint density at radius 2 is 2.11 bits per heavy atom. The van der Waals surface area contributed by atoms with Crippen molar-refractivity contribution >= 4 is 39.9 Å². The average molecular weight is 354 g/mol. The number of methoxy groups -OCH3 is 2. The smallest absolute Gasteiger partial charge is 0.243 e. The maximum Gasteiger partial charge on any atom is 0.243 e. The summed E-state index contributed by atoms with van der Waals surface area (Å²) in [7, 11) is 3.10. The molecule has 0 radical (unpaired) electrons. The van der Waals surface area contributed by atoms with E-state index in [1.807, 2.05) is 12.1 Å². The van der Waals surface area contributed by atoms with Crippen molar-refractivity contribution < 1.29 is 14.3 Å². The first-order valence-corrected chi connectivity index (χ1v) is 6.21. The third-order valence-corrected chi connectivity index (χ3v) is 3.09. The highest BCUT2D eigenvalue weighted by atomic mass is 79.9. The molecule has 1 amide bonds. The fourth-order valence-corrected chi connectivity index (χ4v) is 1.93. The number of nitrogens with one attached hydrogen (secondary N) is 1. The van der Waals surface area contributed by atoms with Gasteiger partial charge in [0, 0.05) is 29.9 Å². The largest absolute Gasteiger partial charge is 0.383 e. The summed E-state index contributed by atoms with van der Waals surface area (Å²) >= 11 is 3.42. The van der Waals surface area contributed by atoms with E-state index in [1.54, 1.807) is 13.2 Å². The Bertz CT molecular complexity index is 418. The van der Waals surface area contributed by atoms with Crippen molar-refractivity contribution in [1.82, 2.24) is 0 Å². The maximum absolute atomic E-state index is 11.8. The van der Waals surface area contributed by atoms with E-state index in [0.29, 0.717) is 12.3 Å². The van der Waals surface area contributed by atoms with Gasteiger partial charge in [-0.3, -0.25) is 4.79 Å². The third kappa shape index (κ3) is 5.46. The lowest BCUT2D eigenvalue weighted by Crippen LogP contribution is -2.39. The normalized spacial score (nSPS) is 11.6. The predicted octanol–water partition coefficient (Wildman–Crippen LogP) is 1.93. The highest BCUT2D eigenvalue weighted by molar-refractivity contribution is 9.10. The van der Waals surface area contributed by atoms with Crippen LogP contribution in [-0.4, -0.2) is 32.8 Å². The number of halogens is 2. The van der Waals surface area contributed by atoms with E-state index in [9.17, 15) is 4.79 Å². The fourth-order valence-electron chi connectivity index (χ4n) is 1.45. The molecule has 3 N–H and O–H groups in total. The lowest BCUT2D eigenvalue weighted by molar-refractivity contribution is -0.118. The van der Waals surface area contributed by atoms with E-state index in [1.165, 1.54) is 7.11 Å². The number of benzene rings is 1. The van der Waals surface area contributed by atoms with Crippen molar-refractivity contribution in [2.45, 2.75) is 12.6 Å². The average Bonchev–Trinajstić information content (AvgIpc) is 2.34. The van der Waals surface area contributed by atoms with Crippen molar-refractivity contribution in [1.29, 1.82) is 0 Å². The molecule has 0 fully saturated rings. The van der Waals surface area contributed by atoms with Gasteiger partial charge in [0.1, 0.15) is 6.04 Å². The number of hydrogen-bond donors (Lipinski definition) is 2. The van der Waals surface area contributed by atoms with Gasteiger partial charge in [0.15, 0.2) is 0 Å². The van der Waals surface area contributed by atoms with Crippen molar-refractivity contribution in [2.75, 3.05) is 26.1 Å². The summed E-state index contributed by atoms with van der Waals surface area (Å²) in [4.78, 5) is 11.8. The number of amides is 1. The zero-order valence-electron chi connectivity index (χ0n) is 10.8. The van der Waals surface area contributed by atoms with Crippen LogP contribution in [0.4, 0.5) is 5.69 Å². The molecule has 0 aliphatic rings. The lowest BCUT2D eigenvalue weighted by Gasteiger charge is -2.15. The Morgan fingerprint density at radius 1 is 1.42 bits per heavy atom. The number of anilines is 1. The summed E-state index contributed by atoms with van der Waals surface area (Å²) < 4.78 is 10.8. The van der Waals surface area contributed by atoms with Crippen LogP contribution in [0.3, 0.4) is 0 Å². The van der Waals surface area contributed by atoms with Crippen LogP contribution in [0.1, 0.15) is 5.56 Å². The van der Waals surface area contributed by atoms with Gasteiger partial charge in [-0.25, -0.2) is 0 Å². The molecule has 7 heteroatoms. The van der Waals surface area contributed by atoms with Gasteiger partial charge in [0.2, 0.25) is 5.91 Å². The molecule has 0 spiro atoms. The van der Waals surface area contributed by atoms with E-state index in [0.717, 1.165) is 10.0 Å². The third-order valence-electron chi connectivity index (χ3n) is 2.35. The predicted molar refractivity (Wildman–Crippen MR) is 80.6 cm³/mol. The maximum atomic E-state index is 11.8. The number of nitrogens with two attached hydrogens (primary N) is 1. The number of hydrogen-bond acceptors (Lipinski definition) is 4. The van der Waals surface area contributed by atoms with Crippen molar-refractivity contribution in [2.24, 2.45) is 5.73 Å². The Morgan fingerprint density at radius 3 is 2.68 bits per heavy atom. The van der Waals surface area contributed by atoms with E-state index < -0.39 is 6.04 Å². The lowest BCUT2D eigenvalue weighted by atomic mass is 10.1. The van der Waals surface area contributed by atoms with Gasteiger partial charge in [-0.1, -0.05) is 22.0 Å². The quantitative estimate of drug-likeness (QED) is 0.819. The molecule has 0 aromatic heterocycles. The Labute approximate surface area is 127 Å². The van der Waals surface area contributed by atoms with E-state index in [4.69, 9.17) is 15.2 Å². The van der Waals surface area contributed by atoms with Gasteiger partial charge < -0.3 is 20.5 Å². The van der Waals surface area contributed by atoms with Crippen molar-refractivity contribution in [3.63, 3.8) is 0 Å². The van der Waals surface area contributed by atoms with Crippen LogP contribution < -0.4 is 11.1 Å². The molecular formula is C12H18BrClN2O3. The van der Waals surface area contributed by atoms with Crippen molar-refractivity contribution in [3.8, 4) is 0 Å². The number of carbonyl (C=O) groups is 1. The molecule has 0 saturated heterocycles. The molecule has 0 aliphatic carbocycles. The first-order chi connectivity index (χ1) is 8.60. The standard InChI is InChI=1S/C12H17BrN2O3.ClH/c1-17-6-8-9(13)4-3-5-11(8)15-12(16)10(14)7-18-2;/h3-5,10H,6-7,14H2,1-2H3,(H,15,16);1H. The van der Waals surface area contributed by atoms with Gasteiger partial charge in [-0.2, -0.15) is 0 Å². The first kappa shape index (κ1) is 18.3. The molecule has 0 heterocycles. The van der Waals surface area contributed by atoms with Crippen LogP contribution >= 0.6 is 28.3 Å². The molecule has 19 heavy (non-hydrogen) atoms. The summed E-state index contributed by atoms with van der Waals surface area (Å²) in [5.41, 5.74) is 7.21. The SMILES string of the molecule is COCc1c(Br)cccc1NC(=O)C(N)COC.Cl. The molecule has 108 valence electrons. The zero-order valence-corrected chi connectivity index (χ0v) is 13.2. The second kappa shape index (κ2) is 9.28. The molecule has 0 aliphatic heterocycles. The highest BCUT2D eigenvalue weighted by Crippen LogP contribution is 2.25. The van der Waals surface area contributed by atoms with Crippen LogP contribution in [0.2, 0.25) is 0 Å². The molecule has 1 rings (SSSR count). The monoisotopic (exact) mass is 352 g/mol. The van der Waals surface area contributed by atoms with Crippen molar-refractivity contribution in [3.05, 3.63) is 28.2 Å². The number of ether oxygens (including phenoxy) is 2. The first-order valence-electron chi connectivity index (χ1n) is 5.41. The minimum Gasteiger partial charge on any atom is -0.383 e. The van der Waals surface area contributed by atoms with Crippen LogP contribution in [0.5, 0.6) is 0 Å². The second-order valence-electron chi connectivity index (χ2n) is 3.75. The molecule has 1 aromatic rings. The van der Waals surface area contributed by atoms with E-state index in [-0.39, 0.29) is 24.9 Å². The summed E-state index contributed by atoms with van der Waals surface area (Å²) in [6.07, 6.45) is 0. The highest BCUT2D eigenvalue weighted by Gasteiger charge is 2.15. The second-order valence-corrected chi connectivity index (χ2v) is 4.60. The van der Waals surface area contributed by atoms with Crippen LogP contribution in [-0.2, 0) is 20.9 Å². The fraction of sp³-hybridized carbons (Fsp3) is 0.417. The topological polar surface area (TPSA) is 73.6 Å². The number of rotatable bonds is 6. The zero-order chi connectivity index (χ0) is 13.5. The van der Waals surface area contributed by atoms with E-state index >= 15 is 0 Å². The van der Waals surface area contributed by atoms with Crippen LogP contribution in [0.15, 0.2) is 22.7 Å². The summed E-state index contributed by atoms with van der Waals surface area (Å²) in [6, 6.07) is 4.83. The molecule has 1 atom stereocenters. The minimum absolute atomic E-state index is 0. The molecular weight excluding hydrogens is 336 g/mol.